The van der Waals surface area contributed by atoms with Gasteiger partial charge in [-0.15, -0.1) is 0 Å². The molecule has 7 rings (SSSR count). The zero-order chi connectivity index (χ0) is 26.0. The number of hydrogen-bond acceptors (Lipinski definition) is 6. The first-order chi connectivity index (χ1) is 18.5. The lowest BCUT2D eigenvalue weighted by Crippen LogP contribution is -2.34. The molecule has 1 aliphatic heterocycles. The molecule has 38 heavy (non-hydrogen) atoms. The van der Waals surface area contributed by atoms with E-state index in [2.05, 4.69) is 51.4 Å². The molecule has 0 bridgehead atoms. The smallest absolute Gasteiger partial charge is 0.257 e. The van der Waals surface area contributed by atoms with Gasteiger partial charge in [0.25, 0.3) is 5.91 Å². The SMILES string of the molecule is CC1C(c2cc(N(C)Cc3ccccc3)n3ncc(C(=O)N[C@@H]4C[C@@H]4F)c3n2)c2cccnc2N1C1CC1. The van der Waals surface area contributed by atoms with Crippen LogP contribution in [0, 0.1) is 0 Å². The van der Waals surface area contributed by atoms with E-state index in [-0.39, 0.29) is 17.9 Å². The highest BCUT2D eigenvalue weighted by Crippen LogP contribution is 2.48. The number of aromatic nitrogens is 4. The Labute approximate surface area is 220 Å². The fourth-order valence-corrected chi connectivity index (χ4v) is 5.80. The lowest BCUT2D eigenvalue weighted by molar-refractivity contribution is 0.0949. The fraction of sp³-hybridized carbons (Fsp3) is 0.379. The maximum atomic E-state index is 13.6. The van der Waals surface area contributed by atoms with E-state index in [9.17, 15) is 9.18 Å². The van der Waals surface area contributed by atoms with Crippen LogP contribution in [0.15, 0.2) is 60.9 Å². The van der Waals surface area contributed by atoms with Crippen molar-refractivity contribution >= 4 is 23.2 Å². The van der Waals surface area contributed by atoms with Crippen molar-refractivity contribution in [2.24, 2.45) is 0 Å². The number of carbonyl (C=O) groups excluding carboxylic acids is 1. The monoisotopic (exact) mass is 511 g/mol. The molecule has 3 aromatic heterocycles. The molecule has 2 fully saturated rings. The Bertz CT molecular complexity index is 1520. The normalized spacial score (nSPS) is 23.9. The number of pyridine rings is 1. The second kappa shape index (κ2) is 8.79. The van der Waals surface area contributed by atoms with Crippen LogP contribution in [0.5, 0.6) is 0 Å². The molecule has 4 atom stereocenters. The van der Waals surface area contributed by atoms with Crippen LogP contribution in [-0.2, 0) is 6.54 Å². The predicted octanol–water partition coefficient (Wildman–Crippen LogP) is 4.10. The number of amides is 1. The number of nitrogens with one attached hydrogen (secondary N) is 1. The molecule has 4 aromatic rings. The average molecular weight is 512 g/mol. The molecule has 2 aliphatic carbocycles. The van der Waals surface area contributed by atoms with Gasteiger partial charge in [0.05, 0.1) is 23.9 Å². The molecule has 1 N–H and O–H groups in total. The second-order valence-electron chi connectivity index (χ2n) is 10.8. The van der Waals surface area contributed by atoms with E-state index < -0.39 is 12.2 Å². The van der Waals surface area contributed by atoms with Crippen LogP contribution in [0.2, 0.25) is 0 Å². The van der Waals surface area contributed by atoms with E-state index in [4.69, 9.17) is 9.97 Å². The summed E-state index contributed by atoms with van der Waals surface area (Å²) in [5, 5.41) is 7.36. The maximum absolute atomic E-state index is 13.6. The number of rotatable bonds is 7. The Morgan fingerprint density at radius 3 is 2.71 bits per heavy atom. The zero-order valence-corrected chi connectivity index (χ0v) is 21.5. The standard InChI is InChI=1S/C29H30FN7O/c1-17-26(20-9-6-12-31-27(20)36(17)19-10-11-19)24-14-25(35(2)16-18-7-4-3-5-8-18)37-28(33-24)21(15-32-37)29(38)34-23-13-22(23)30/h3-9,12,14-15,17,19,22-23,26H,10-11,13,16H2,1-2H3,(H,34,38)/t17?,22-,23+,26?/m0/s1. The van der Waals surface area contributed by atoms with Crippen molar-refractivity contribution in [3.63, 3.8) is 0 Å². The highest BCUT2D eigenvalue weighted by Gasteiger charge is 2.45. The molecular formula is C29H30FN7O. The van der Waals surface area contributed by atoms with Crippen molar-refractivity contribution in [2.45, 2.75) is 62.9 Å². The third-order valence-corrected chi connectivity index (χ3v) is 7.98. The Hall–Kier alpha value is -4.01. The first-order valence-corrected chi connectivity index (χ1v) is 13.3. The third kappa shape index (κ3) is 3.88. The number of hydrogen-bond donors (Lipinski definition) is 1. The van der Waals surface area contributed by atoms with Crippen molar-refractivity contribution < 1.29 is 9.18 Å². The topological polar surface area (TPSA) is 78.7 Å². The van der Waals surface area contributed by atoms with Gasteiger partial charge in [0.15, 0.2) is 5.65 Å². The number of carbonyl (C=O) groups is 1. The minimum Gasteiger partial charge on any atom is -0.355 e. The summed E-state index contributed by atoms with van der Waals surface area (Å²) in [4.78, 5) is 27.5. The van der Waals surface area contributed by atoms with Crippen LogP contribution < -0.4 is 15.1 Å². The molecule has 194 valence electrons. The minimum atomic E-state index is -0.978. The van der Waals surface area contributed by atoms with E-state index in [0.717, 1.165) is 28.5 Å². The van der Waals surface area contributed by atoms with Gasteiger partial charge in [-0.1, -0.05) is 36.4 Å². The van der Waals surface area contributed by atoms with Crippen LogP contribution >= 0.6 is 0 Å². The van der Waals surface area contributed by atoms with E-state index in [1.54, 1.807) is 10.7 Å². The number of anilines is 2. The van der Waals surface area contributed by atoms with Crippen molar-refractivity contribution in [3.05, 3.63) is 83.3 Å². The molecule has 3 aliphatic rings. The quantitative estimate of drug-likeness (QED) is 0.403. The van der Waals surface area contributed by atoms with Crippen molar-refractivity contribution in [1.29, 1.82) is 0 Å². The predicted molar refractivity (Wildman–Crippen MR) is 143 cm³/mol. The first kappa shape index (κ1) is 23.1. The highest BCUT2D eigenvalue weighted by atomic mass is 19.1. The number of benzene rings is 1. The molecule has 0 radical (unpaired) electrons. The van der Waals surface area contributed by atoms with Crippen LogP contribution in [0.1, 0.15) is 59.3 Å². The van der Waals surface area contributed by atoms with E-state index in [1.807, 2.05) is 37.5 Å². The second-order valence-corrected chi connectivity index (χ2v) is 10.8. The summed E-state index contributed by atoms with van der Waals surface area (Å²) in [6.07, 6.45) is 5.13. The van der Waals surface area contributed by atoms with E-state index in [0.29, 0.717) is 30.2 Å². The molecular weight excluding hydrogens is 481 g/mol. The Kier molecular flexibility index (Phi) is 5.35. The minimum absolute atomic E-state index is 0.00218. The van der Waals surface area contributed by atoms with Crippen LogP contribution in [0.4, 0.5) is 16.0 Å². The van der Waals surface area contributed by atoms with Gasteiger partial charge in [-0.25, -0.2) is 14.4 Å². The molecule has 9 heteroatoms. The maximum Gasteiger partial charge on any atom is 0.257 e. The summed E-state index contributed by atoms with van der Waals surface area (Å²) in [7, 11) is 2.02. The summed E-state index contributed by atoms with van der Waals surface area (Å²) in [6, 6.07) is 16.7. The molecule has 8 nitrogen and oxygen atoms in total. The Morgan fingerprint density at radius 2 is 1.97 bits per heavy atom. The van der Waals surface area contributed by atoms with Gasteiger partial charge in [0, 0.05) is 49.9 Å². The van der Waals surface area contributed by atoms with Gasteiger partial charge in [0.2, 0.25) is 0 Å². The van der Waals surface area contributed by atoms with Gasteiger partial charge < -0.3 is 15.1 Å². The van der Waals surface area contributed by atoms with Crippen LogP contribution in [0.25, 0.3) is 5.65 Å². The van der Waals surface area contributed by atoms with E-state index >= 15 is 0 Å². The third-order valence-electron chi connectivity index (χ3n) is 7.98. The Morgan fingerprint density at radius 1 is 1.18 bits per heavy atom. The lowest BCUT2D eigenvalue weighted by atomic mass is 9.93. The van der Waals surface area contributed by atoms with E-state index in [1.165, 1.54) is 12.8 Å². The van der Waals surface area contributed by atoms with Gasteiger partial charge in [-0.05, 0) is 31.4 Å². The Balaban J connectivity index is 1.35. The summed E-state index contributed by atoms with van der Waals surface area (Å²) >= 11 is 0. The van der Waals surface area contributed by atoms with Gasteiger partial charge in [-0.3, -0.25) is 4.79 Å². The van der Waals surface area contributed by atoms with Gasteiger partial charge in [0.1, 0.15) is 23.4 Å². The lowest BCUT2D eigenvalue weighted by Gasteiger charge is -2.27. The largest absolute Gasteiger partial charge is 0.355 e. The van der Waals surface area contributed by atoms with Crippen molar-refractivity contribution in [2.75, 3.05) is 16.8 Å². The van der Waals surface area contributed by atoms with Gasteiger partial charge in [-0.2, -0.15) is 9.61 Å². The fourth-order valence-electron chi connectivity index (χ4n) is 5.80. The molecule has 0 saturated heterocycles. The van der Waals surface area contributed by atoms with Crippen molar-refractivity contribution in [1.82, 2.24) is 24.9 Å². The molecule has 2 unspecified atom stereocenters. The number of fused-ring (bicyclic) bond motifs is 2. The highest BCUT2D eigenvalue weighted by molar-refractivity contribution is 6.00. The molecule has 0 spiro atoms. The van der Waals surface area contributed by atoms with Crippen LogP contribution in [0.3, 0.4) is 0 Å². The van der Waals surface area contributed by atoms with Gasteiger partial charge >= 0.3 is 0 Å². The number of halogens is 1. The zero-order valence-electron chi connectivity index (χ0n) is 21.5. The molecule has 1 amide bonds. The molecule has 2 saturated carbocycles. The summed E-state index contributed by atoms with van der Waals surface area (Å²) in [6.45, 7) is 2.90. The van der Waals surface area contributed by atoms with Crippen molar-refractivity contribution in [3.8, 4) is 0 Å². The first-order valence-electron chi connectivity index (χ1n) is 13.3. The number of alkyl halides is 1. The number of nitrogens with zero attached hydrogens (tertiary/aromatic N) is 6. The van der Waals surface area contributed by atoms with Crippen LogP contribution in [-0.4, -0.2) is 56.8 Å². The molecule has 4 heterocycles. The summed E-state index contributed by atoms with van der Waals surface area (Å²) < 4.78 is 15.3. The average Bonchev–Trinajstić information content (AvgIpc) is 3.81. The summed E-state index contributed by atoms with van der Waals surface area (Å²) in [5.41, 5.74) is 4.04. The molecule has 1 aromatic carbocycles. The summed E-state index contributed by atoms with van der Waals surface area (Å²) in [5.74, 6) is 1.53.